The Labute approximate surface area is 126 Å². The predicted octanol–water partition coefficient (Wildman–Crippen LogP) is 2.80. The molecule has 4 nitrogen and oxygen atoms in total. The van der Waals surface area contributed by atoms with Gasteiger partial charge in [-0.05, 0) is 50.3 Å². The maximum absolute atomic E-state index is 11.8. The van der Waals surface area contributed by atoms with E-state index in [4.69, 9.17) is 9.47 Å². The van der Waals surface area contributed by atoms with Gasteiger partial charge >= 0.3 is 0 Å². The minimum Gasteiger partial charge on any atom is -0.490 e. The zero-order valence-corrected chi connectivity index (χ0v) is 13.1. The van der Waals surface area contributed by atoms with Gasteiger partial charge < -0.3 is 14.8 Å². The summed E-state index contributed by atoms with van der Waals surface area (Å²) >= 11 is 0. The Bertz CT molecular complexity index is 487. The molecule has 116 valence electrons. The van der Waals surface area contributed by atoms with Gasteiger partial charge in [-0.3, -0.25) is 4.79 Å². The van der Waals surface area contributed by atoms with Crippen LogP contribution in [0.2, 0.25) is 0 Å². The molecule has 1 aromatic carbocycles. The molecule has 0 saturated heterocycles. The summed E-state index contributed by atoms with van der Waals surface area (Å²) in [6, 6.07) is 5.97. The fourth-order valence-corrected chi connectivity index (χ4v) is 2.40. The van der Waals surface area contributed by atoms with Crippen LogP contribution in [-0.2, 0) is 11.2 Å². The van der Waals surface area contributed by atoms with Gasteiger partial charge in [0.1, 0.15) is 0 Å². The maximum atomic E-state index is 11.8. The second kappa shape index (κ2) is 7.34. The number of ether oxygens (including phenoxy) is 2. The van der Waals surface area contributed by atoms with Crippen LogP contribution in [0.1, 0.15) is 32.8 Å². The van der Waals surface area contributed by atoms with Gasteiger partial charge in [0.2, 0.25) is 5.91 Å². The lowest BCUT2D eigenvalue weighted by Gasteiger charge is -2.12. The van der Waals surface area contributed by atoms with Crippen molar-refractivity contribution < 1.29 is 14.3 Å². The highest BCUT2D eigenvalue weighted by Crippen LogP contribution is 2.37. The van der Waals surface area contributed by atoms with Crippen molar-refractivity contribution >= 4 is 5.91 Å². The molecule has 1 amide bonds. The number of carbonyl (C=O) groups is 1. The van der Waals surface area contributed by atoms with E-state index in [0.29, 0.717) is 25.7 Å². The van der Waals surface area contributed by atoms with Gasteiger partial charge in [-0.2, -0.15) is 0 Å². The Morgan fingerprint density at radius 1 is 1.24 bits per heavy atom. The quantitative estimate of drug-likeness (QED) is 0.801. The lowest BCUT2D eigenvalue weighted by Crippen LogP contribution is -2.27. The SMILES string of the molecule is CCOc1ccc(CCNC(=O)[C@H]2C[C@@H]2C)cc1OCC. The molecule has 21 heavy (non-hydrogen) atoms. The molecule has 1 aliphatic carbocycles. The van der Waals surface area contributed by atoms with Crippen molar-refractivity contribution in [3.05, 3.63) is 23.8 Å². The van der Waals surface area contributed by atoms with Crippen LogP contribution in [0.25, 0.3) is 0 Å². The van der Waals surface area contributed by atoms with Gasteiger partial charge in [-0.15, -0.1) is 0 Å². The Kier molecular flexibility index (Phi) is 5.48. The third kappa shape index (κ3) is 4.38. The van der Waals surface area contributed by atoms with Gasteiger partial charge in [-0.25, -0.2) is 0 Å². The van der Waals surface area contributed by atoms with Crippen molar-refractivity contribution in [1.29, 1.82) is 0 Å². The predicted molar refractivity (Wildman–Crippen MR) is 82.8 cm³/mol. The second-order valence-electron chi connectivity index (χ2n) is 5.51. The molecule has 0 unspecified atom stereocenters. The Hall–Kier alpha value is -1.71. The average Bonchev–Trinajstić information content (AvgIpc) is 3.19. The highest BCUT2D eigenvalue weighted by Gasteiger charge is 2.38. The first-order valence-electron chi connectivity index (χ1n) is 7.81. The van der Waals surface area contributed by atoms with E-state index in [1.165, 1.54) is 0 Å². The third-order valence-electron chi connectivity index (χ3n) is 3.77. The number of rotatable bonds is 8. The molecular weight excluding hydrogens is 266 g/mol. The van der Waals surface area contributed by atoms with Crippen molar-refractivity contribution in [2.75, 3.05) is 19.8 Å². The Balaban J connectivity index is 1.87. The van der Waals surface area contributed by atoms with Crippen LogP contribution in [0.3, 0.4) is 0 Å². The molecule has 1 aromatic rings. The molecule has 1 fully saturated rings. The number of carbonyl (C=O) groups excluding carboxylic acids is 1. The fraction of sp³-hybridized carbons (Fsp3) is 0.588. The highest BCUT2D eigenvalue weighted by atomic mass is 16.5. The van der Waals surface area contributed by atoms with Crippen molar-refractivity contribution in [2.24, 2.45) is 11.8 Å². The molecule has 0 bridgehead atoms. The number of hydrogen-bond acceptors (Lipinski definition) is 3. The van der Waals surface area contributed by atoms with Crippen LogP contribution in [-0.4, -0.2) is 25.7 Å². The highest BCUT2D eigenvalue weighted by molar-refractivity contribution is 5.81. The van der Waals surface area contributed by atoms with Gasteiger partial charge in [0.15, 0.2) is 11.5 Å². The van der Waals surface area contributed by atoms with Crippen molar-refractivity contribution in [2.45, 2.75) is 33.6 Å². The molecule has 2 rings (SSSR count). The summed E-state index contributed by atoms with van der Waals surface area (Å²) in [5.41, 5.74) is 1.14. The van der Waals surface area contributed by atoms with E-state index < -0.39 is 0 Å². The Morgan fingerprint density at radius 3 is 2.52 bits per heavy atom. The number of nitrogens with one attached hydrogen (secondary N) is 1. The third-order valence-corrected chi connectivity index (χ3v) is 3.77. The van der Waals surface area contributed by atoms with Gasteiger partial charge in [0.05, 0.1) is 13.2 Å². The smallest absolute Gasteiger partial charge is 0.223 e. The molecular formula is C17H25NO3. The molecule has 0 spiro atoms. The maximum Gasteiger partial charge on any atom is 0.223 e. The van der Waals surface area contributed by atoms with E-state index in [1.54, 1.807) is 0 Å². The van der Waals surface area contributed by atoms with Crippen LogP contribution >= 0.6 is 0 Å². The van der Waals surface area contributed by atoms with E-state index in [2.05, 4.69) is 12.2 Å². The molecule has 1 N–H and O–H groups in total. The van der Waals surface area contributed by atoms with Crippen LogP contribution in [0, 0.1) is 11.8 Å². The fourth-order valence-electron chi connectivity index (χ4n) is 2.40. The number of hydrogen-bond donors (Lipinski definition) is 1. The van der Waals surface area contributed by atoms with Crippen LogP contribution in [0.4, 0.5) is 0 Å². The largest absolute Gasteiger partial charge is 0.490 e. The summed E-state index contributed by atoms with van der Waals surface area (Å²) in [7, 11) is 0. The normalized spacial score (nSPS) is 20.0. The average molecular weight is 291 g/mol. The minimum absolute atomic E-state index is 0.193. The summed E-state index contributed by atoms with van der Waals surface area (Å²) < 4.78 is 11.2. The number of benzene rings is 1. The minimum atomic E-state index is 0.193. The lowest BCUT2D eigenvalue weighted by atomic mass is 10.1. The number of amides is 1. The van der Waals surface area contributed by atoms with E-state index in [9.17, 15) is 4.79 Å². The second-order valence-corrected chi connectivity index (χ2v) is 5.51. The first-order valence-corrected chi connectivity index (χ1v) is 7.81. The molecule has 1 aliphatic rings. The van der Waals surface area contributed by atoms with Crippen molar-refractivity contribution in [3.8, 4) is 11.5 Å². The Morgan fingerprint density at radius 2 is 1.90 bits per heavy atom. The summed E-state index contributed by atoms with van der Waals surface area (Å²) in [6.07, 6.45) is 1.84. The standard InChI is InChI=1S/C17H25NO3/c1-4-20-15-7-6-13(11-16(15)21-5-2)8-9-18-17(19)14-10-12(14)3/h6-7,11-12,14H,4-5,8-10H2,1-3H3,(H,18,19)/t12-,14-/m0/s1. The lowest BCUT2D eigenvalue weighted by molar-refractivity contribution is -0.122. The molecule has 0 aromatic heterocycles. The van der Waals surface area contributed by atoms with Crippen molar-refractivity contribution in [1.82, 2.24) is 5.32 Å². The van der Waals surface area contributed by atoms with E-state index >= 15 is 0 Å². The first kappa shape index (κ1) is 15.7. The first-order chi connectivity index (χ1) is 10.2. The zero-order chi connectivity index (χ0) is 15.2. The zero-order valence-electron chi connectivity index (χ0n) is 13.1. The van der Waals surface area contributed by atoms with Crippen LogP contribution in [0.5, 0.6) is 11.5 Å². The van der Waals surface area contributed by atoms with Crippen LogP contribution in [0.15, 0.2) is 18.2 Å². The van der Waals surface area contributed by atoms with Crippen molar-refractivity contribution in [3.63, 3.8) is 0 Å². The van der Waals surface area contributed by atoms with E-state index in [-0.39, 0.29) is 11.8 Å². The summed E-state index contributed by atoms with van der Waals surface area (Å²) in [5, 5.41) is 3.00. The molecule has 2 atom stereocenters. The summed E-state index contributed by atoms with van der Waals surface area (Å²) in [6.45, 7) is 7.93. The summed E-state index contributed by atoms with van der Waals surface area (Å²) in [5.74, 6) is 2.54. The molecule has 4 heteroatoms. The van der Waals surface area contributed by atoms with E-state index in [1.807, 2.05) is 32.0 Å². The summed E-state index contributed by atoms with van der Waals surface area (Å²) in [4.78, 5) is 11.8. The van der Waals surface area contributed by atoms with Gasteiger partial charge in [-0.1, -0.05) is 13.0 Å². The van der Waals surface area contributed by atoms with Gasteiger partial charge in [0, 0.05) is 12.5 Å². The van der Waals surface area contributed by atoms with Crippen LogP contribution < -0.4 is 14.8 Å². The van der Waals surface area contributed by atoms with Gasteiger partial charge in [0.25, 0.3) is 0 Å². The molecule has 0 aliphatic heterocycles. The monoisotopic (exact) mass is 291 g/mol. The molecule has 0 radical (unpaired) electrons. The molecule has 1 saturated carbocycles. The van der Waals surface area contributed by atoms with E-state index in [0.717, 1.165) is 29.9 Å². The molecule has 0 heterocycles. The topological polar surface area (TPSA) is 47.6 Å².